The molecule has 0 aliphatic rings. The predicted molar refractivity (Wildman–Crippen MR) is 73.3 cm³/mol. The maximum absolute atomic E-state index is 11.3. The van der Waals surface area contributed by atoms with Crippen molar-refractivity contribution in [2.75, 3.05) is 6.61 Å². The summed E-state index contributed by atoms with van der Waals surface area (Å²) in [6, 6.07) is 10.4. The van der Waals surface area contributed by atoms with Crippen LogP contribution < -0.4 is 0 Å². The molecular formula is C14H19BrO2. The van der Waals surface area contributed by atoms with E-state index >= 15 is 0 Å². The van der Waals surface area contributed by atoms with Crippen molar-refractivity contribution in [1.82, 2.24) is 0 Å². The van der Waals surface area contributed by atoms with E-state index in [1.54, 1.807) is 0 Å². The lowest BCUT2D eigenvalue weighted by Gasteiger charge is -2.08. The summed E-state index contributed by atoms with van der Waals surface area (Å²) in [4.78, 5) is 11.2. The smallest absolute Gasteiger partial charge is 0.319 e. The Labute approximate surface area is 111 Å². The second kappa shape index (κ2) is 8.29. The Hall–Kier alpha value is -0.830. The van der Waals surface area contributed by atoms with Gasteiger partial charge in [0.05, 0.1) is 6.61 Å². The molecule has 1 aromatic carbocycles. The van der Waals surface area contributed by atoms with Crippen LogP contribution in [0.5, 0.6) is 0 Å². The Balaban J connectivity index is 2.14. The number of carbonyl (C=O) groups is 1. The summed E-state index contributed by atoms with van der Waals surface area (Å²) in [5.41, 5.74) is 1.36. The fourth-order valence-corrected chi connectivity index (χ4v) is 2.10. The number of hydrogen-bond donors (Lipinski definition) is 0. The first-order chi connectivity index (χ1) is 8.24. The highest BCUT2D eigenvalue weighted by atomic mass is 79.9. The van der Waals surface area contributed by atoms with E-state index in [-0.39, 0.29) is 10.8 Å². The largest absolute Gasteiger partial charge is 0.465 e. The molecule has 0 bridgehead atoms. The topological polar surface area (TPSA) is 26.3 Å². The summed E-state index contributed by atoms with van der Waals surface area (Å²) in [5.74, 6) is -0.146. The van der Waals surface area contributed by atoms with Crippen LogP contribution in [0.15, 0.2) is 30.3 Å². The first-order valence-corrected chi connectivity index (χ1v) is 7.00. The Morgan fingerprint density at radius 3 is 2.65 bits per heavy atom. The summed E-state index contributed by atoms with van der Waals surface area (Å²) in [6.07, 6.45) is 4.05. The molecule has 3 heteroatoms. The number of benzene rings is 1. The number of hydrogen-bond acceptors (Lipinski definition) is 2. The van der Waals surface area contributed by atoms with E-state index in [4.69, 9.17) is 4.74 Å². The van der Waals surface area contributed by atoms with Crippen molar-refractivity contribution in [2.24, 2.45) is 0 Å². The highest BCUT2D eigenvalue weighted by Crippen LogP contribution is 2.13. The third kappa shape index (κ3) is 5.87. The van der Waals surface area contributed by atoms with Gasteiger partial charge in [0.25, 0.3) is 0 Å². The number of unbranched alkanes of at least 4 members (excludes halogenated alkanes) is 1. The van der Waals surface area contributed by atoms with E-state index < -0.39 is 0 Å². The summed E-state index contributed by atoms with van der Waals surface area (Å²) in [5, 5.41) is 0. The minimum absolute atomic E-state index is 0.146. The van der Waals surface area contributed by atoms with E-state index in [2.05, 4.69) is 40.2 Å². The first kappa shape index (κ1) is 14.2. The fraction of sp³-hybridized carbons (Fsp3) is 0.500. The molecule has 1 unspecified atom stereocenters. The van der Waals surface area contributed by atoms with Crippen molar-refractivity contribution in [2.45, 2.75) is 37.4 Å². The average molecular weight is 299 g/mol. The lowest BCUT2D eigenvalue weighted by molar-refractivity contribution is -0.142. The molecule has 1 aromatic rings. The van der Waals surface area contributed by atoms with Gasteiger partial charge in [-0.2, -0.15) is 0 Å². The highest BCUT2D eigenvalue weighted by molar-refractivity contribution is 9.10. The summed E-state index contributed by atoms with van der Waals surface area (Å²) in [7, 11) is 0. The van der Waals surface area contributed by atoms with Crippen LogP contribution in [0.1, 0.15) is 31.7 Å². The quantitative estimate of drug-likeness (QED) is 0.436. The second-order valence-electron chi connectivity index (χ2n) is 3.95. The first-order valence-electron chi connectivity index (χ1n) is 6.08. The van der Waals surface area contributed by atoms with E-state index in [0.717, 1.165) is 25.7 Å². The van der Waals surface area contributed by atoms with Crippen molar-refractivity contribution in [3.63, 3.8) is 0 Å². The second-order valence-corrected chi connectivity index (χ2v) is 5.06. The lowest BCUT2D eigenvalue weighted by Crippen LogP contribution is -2.17. The molecule has 17 heavy (non-hydrogen) atoms. The van der Waals surface area contributed by atoms with Crippen LogP contribution in [0, 0.1) is 0 Å². The molecule has 0 aromatic heterocycles. The number of esters is 1. The maximum atomic E-state index is 11.3. The van der Waals surface area contributed by atoms with E-state index in [1.807, 2.05) is 13.0 Å². The molecule has 1 atom stereocenters. The summed E-state index contributed by atoms with van der Waals surface area (Å²) in [6.45, 7) is 2.28. The molecule has 0 fully saturated rings. The van der Waals surface area contributed by atoms with Gasteiger partial charge in [0.1, 0.15) is 4.83 Å². The van der Waals surface area contributed by atoms with E-state index in [1.165, 1.54) is 5.56 Å². The Kier molecular flexibility index (Phi) is 6.94. The van der Waals surface area contributed by atoms with E-state index in [0.29, 0.717) is 6.61 Å². The Morgan fingerprint density at radius 1 is 1.29 bits per heavy atom. The zero-order valence-electron chi connectivity index (χ0n) is 10.2. The molecule has 0 aliphatic heterocycles. The molecule has 0 heterocycles. The monoisotopic (exact) mass is 298 g/mol. The van der Waals surface area contributed by atoms with Crippen molar-refractivity contribution >= 4 is 21.9 Å². The summed E-state index contributed by atoms with van der Waals surface area (Å²) < 4.78 is 4.93. The molecular weight excluding hydrogens is 280 g/mol. The summed E-state index contributed by atoms with van der Waals surface area (Å²) >= 11 is 3.36. The van der Waals surface area contributed by atoms with Crippen LogP contribution in [-0.4, -0.2) is 17.4 Å². The Bertz CT molecular complexity index is 324. The Morgan fingerprint density at radius 2 is 2.00 bits per heavy atom. The zero-order chi connectivity index (χ0) is 12.5. The number of ether oxygens (including phenoxy) is 1. The van der Waals surface area contributed by atoms with Gasteiger partial charge in [-0.25, -0.2) is 0 Å². The van der Waals surface area contributed by atoms with Gasteiger partial charge in [-0.3, -0.25) is 4.79 Å². The third-order valence-corrected chi connectivity index (χ3v) is 3.39. The highest BCUT2D eigenvalue weighted by Gasteiger charge is 2.14. The van der Waals surface area contributed by atoms with Crippen molar-refractivity contribution in [1.29, 1.82) is 0 Å². The van der Waals surface area contributed by atoms with Gasteiger partial charge >= 0.3 is 5.97 Å². The van der Waals surface area contributed by atoms with Gasteiger partial charge in [-0.1, -0.05) is 52.7 Å². The van der Waals surface area contributed by atoms with Gasteiger partial charge in [-0.15, -0.1) is 0 Å². The molecule has 0 N–H and O–H groups in total. The number of alkyl halides is 1. The SMILES string of the molecule is CCOC(=O)C(Br)CCCCc1ccccc1. The number of aryl methyl sites for hydroxylation is 1. The number of rotatable bonds is 7. The van der Waals surface area contributed by atoms with Gasteiger partial charge in [0.15, 0.2) is 0 Å². The molecule has 0 amide bonds. The standard InChI is InChI=1S/C14H19BrO2/c1-2-17-14(16)13(15)11-7-6-10-12-8-4-3-5-9-12/h3-5,8-9,13H,2,6-7,10-11H2,1H3. The van der Waals surface area contributed by atoms with Crippen LogP contribution in [0.3, 0.4) is 0 Å². The molecule has 0 aliphatic carbocycles. The van der Waals surface area contributed by atoms with Crippen molar-refractivity contribution in [3.8, 4) is 0 Å². The lowest BCUT2D eigenvalue weighted by atomic mass is 10.1. The molecule has 2 nitrogen and oxygen atoms in total. The van der Waals surface area contributed by atoms with Crippen LogP contribution in [-0.2, 0) is 16.0 Å². The van der Waals surface area contributed by atoms with E-state index in [9.17, 15) is 4.79 Å². The minimum Gasteiger partial charge on any atom is -0.465 e. The number of carbonyl (C=O) groups excluding carboxylic acids is 1. The minimum atomic E-state index is -0.154. The van der Waals surface area contributed by atoms with Crippen molar-refractivity contribution in [3.05, 3.63) is 35.9 Å². The van der Waals surface area contributed by atoms with Gasteiger partial charge in [0, 0.05) is 0 Å². The molecule has 0 spiro atoms. The molecule has 1 rings (SSSR count). The van der Waals surface area contributed by atoms with Gasteiger partial charge < -0.3 is 4.74 Å². The number of halogens is 1. The van der Waals surface area contributed by atoms with Gasteiger partial charge in [-0.05, 0) is 31.7 Å². The van der Waals surface area contributed by atoms with Gasteiger partial charge in [0.2, 0.25) is 0 Å². The zero-order valence-corrected chi connectivity index (χ0v) is 11.8. The third-order valence-electron chi connectivity index (χ3n) is 2.56. The maximum Gasteiger partial charge on any atom is 0.319 e. The molecule has 0 radical (unpaired) electrons. The molecule has 0 saturated carbocycles. The van der Waals surface area contributed by atoms with Crippen LogP contribution in [0.2, 0.25) is 0 Å². The van der Waals surface area contributed by atoms with Crippen LogP contribution in [0.4, 0.5) is 0 Å². The molecule has 0 saturated heterocycles. The fourth-order valence-electron chi connectivity index (χ4n) is 1.65. The normalized spacial score (nSPS) is 12.1. The van der Waals surface area contributed by atoms with Crippen LogP contribution in [0.25, 0.3) is 0 Å². The predicted octanol–water partition coefficient (Wildman–Crippen LogP) is 3.73. The van der Waals surface area contributed by atoms with Crippen LogP contribution >= 0.6 is 15.9 Å². The van der Waals surface area contributed by atoms with Crippen molar-refractivity contribution < 1.29 is 9.53 Å². The average Bonchev–Trinajstić information content (AvgIpc) is 2.36. The molecule has 94 valence electrons.